The second kappa shape index (κ2) is 8.00. The number of carbonyl (C=O) groups excluding carboxylic acids is 2. The van der Waals surface area contributed by atoms with Crippen LogP contribution in [0.3, 0.4) is 0 Å². The molecule has 0 spiro atoms. The Labute approximate surface area is 205 Å². The lowest BCUT2D eigenvalue weighted by molar-refractivity contribution is -0.156. The molecule has 2 atom stereocenters. The molecule has 180 valence electrons. The van der Waals surface area contributed by atoms with Crippen LogP contribution in [-0.2, 0) is 15.2 Å². The molecule has 2 aromatic rings. The fourth-order valence-electron chi connectivity index (χ4n) is 5.28. The number of hydrogen-bond acceptors (Lipinski definition) is 5. The molecule has 6 rings (SSSR count). The molecule has 4 aliphatic rings. The van der Waals surface area contributed by atoms with Crippen LogP contribution in [0.4, 0.5) is 4.39 Å². The monoisotopic (exact) mass is 508 g/mol. The number of rotatable bonds is 6. The first-order chi connectivity index (χ1) is 16.0. The molecule has 2 amide bonds. The second-order valence-electron chi connectivity index (χ2n) is 9.72. The van der Waals surface area contributed by atoms with Gasteiger partial charge in [-0.1, -0.05) is 23.2 Å². The van der Waals surface area contributed by atoms with Gasteiger partial charge in [-0.25, -0.2) is 4.39 Å². The number of benzene rings is 2. The molecule has 1 heterocycles. The summed E-state index contributed by atoms with van der Waals surface area (Å²) in [6.45, 7) is 1.38. The molecule has 3 fully saturated rings. The van der Waals surface area contributed by atoms with E-state index in [1.807, 2.05) is 0 Å². The Balaban J connectivity index is 1.12. The van der Waals surface area contributed by atoms with Gasteiger partial charge in [-0.2, -0.15) is 0 Å². The highest BCUT2D eigenvalue weighted by atomic mass is 35.5. The van der Waals surface area contributed by atoms with Crippen molar-refractivity contribution in [3.05, 3.63) is 57.8 Å². The van der Waals surface area contributed by atoms with Crippen LogP contribution in [0.2, 0.25) is 10.0 Å². The van der Waals surface area contributed by atoms with Gasteiger partial charge >= 0.3 is 0 Å². The zero-order valence-corrected chi connectivity index (χ0v) is 19.8. The fourth-order valence-corrected chi connectivity index (χ4v) is 5.57. The van der Waals surface area contributed by atoms with Crippen LogP contribution in [0.25, 0.3) is 0 Å². The highest BCUT2D eigenvalue weighted by Gasteiger charge is 2.69. The number of fused-ring (bicyclic) bond motifs is 1. The van der Waals surface area contributed by atoms with Gasteiger partial charge in [-0.05, 0) is 56.5 Å². The number of hydrogen-bond donors (Lipinski definition) is 3. The summed E-state index contributed by atoms with van der Waals surface area (Å²) in [6.07, 6.45) is 1.07. The topological polar surface area (TPSA) is 96.9 Å². The van der Waals surface area contributed by atoms with E-state index >= 15 is 0 Å². The maximum absolute atomic E-state index is 13.5. The van der Waals surface area contributed by atoms with Crippen molar-refractivity contribution in [1.29, 1.82) is 0 Å². The lowest BCUT2D eigenvalue weighted by Crippen LogP contribution is -2.84. The van der Waals surface area contributed by atoms with Gasteiger partial charge in [0.2, 0.25) is 0 Å². The third-order valence-electron chi connectivity index (χ3n) is 6.75. The second-order valence-corrected chi connectivity index (χ2v) is 10.6. The molecule has 0 aromatic heterocycles. The number of halogens is 3. The van der Waals surface area contributed by atoms with E-state index in [1.165, 1.54) is 12.1 Å². The summed E-state index contributed by atoms with van der Waals surface area (Å²) in [7, 11) is 0. The Bertz CT molecular complexity index is 1170. The number of amides is 2. The van der Waals surface area contributed by atoms with Crippen LogP contribution < -0.4 is 20.1 Å². The van der Waals surface area contributed by atoms with Gasteiger partial charge in [0.25, 0.3) is 11.8 Å². The van der Waals surface area contributed by atoms with Crippen molar-refractivity contribution in [2.75, 3.05) is 6.61 Å². The predicted molar refractivity (Wildman–Crippen MR) is 123 cm³/mol. The normalized spacial score (nSPS) is 30.7. The molecule has 2 aromatic carbocycles. The standard InChI is InChI=1S/C24H23Cl2FN2O5/c1-22(32)8-19(34-18-5-2-13(25)6-15(18)22)21(31)29-24-10-23(11-24,12-24)28-20(30)9-33-14-3-4-16(26)17(27)7-14/h2-7,19,32H,8-12H2,1H3,(H,28,30)(H,29,31)/t19-,22-,23?,24?/m1/s1. The summed E-state index contributed by atoms with van der Waals surface area (Å²) in [5.41, 5.74) is -1.46. The van der Waals surface area contributed by atoms with E-state index in [9.17, 15) is 19.1 Å². The summed E-state index contributed by atoms with van der Waals surface area (Å²) >= 11 is 11.7. The van der Waals surface area contributed by atoms with Crippen molar-refractivity contribution >= 4 is 35.0 Å². The average molecular weight is 509 g/mol. The van der Waals surface area contributed by atoms with E-state index in [0.29, 0.717) is 35.6 Å². The summed E-state index contributed by atoms with van der Waals surface area (Å²) in [5.74, 6) is -0.591. The van der Waals surface area contributed by atoms with Gasteiger partial charge in [0.05, 0.1) is 10.6 Å². The Morgan fingerprint density at radius 2 is 1.85 bits per heavy atom. The van der Waals surface area contributed by atoms with Gasteiger partial charge in [0.15, 0.2) is 12.7 Å². The summed E-state index contributed by atoms with van der Waals surface area (Å²) < 4.78 is 24.7. The largest absolute Gasteiger partial charge is 0.484 e. The molecule has 0 unspecified atom stereocenters. The number of aliphatic hydroxyl groups is 1. The minimum absolute atomic E-state index is 0.0196. The number of carbonyl (C=O) groups is 2. The third kappa shape index (κ3) is 4.19. The molecule has 3 N–H and O–H groups in total. The highest BCUT2D eigenvalue weighted by molar-refractivity contribution is 6.31. The number of nitrogens with one attached hydrogen (secondary N) is 2. The van der Waals surface area contributed by atoms with Gasteiger partial charge in [0, 0.05) is 34.2 Å². The molecule has 0 saturated heterocycles. The maximum atomic E-state index is 13.5. The highest BCUT2D eigenvalue weighted by Crippen LogP contribution is 2.60. The van der Waals surface area contributed by atoms with Gasteiger partial charge in [0.1, 0.15) is 17.3 Å². The molecule has 34 heavy (non-hydrogen) atoms. The lowest BCUT2D eigenvalue weighted by atomic mass is 9.44. The first kappa shape index (κ1) is 23.2. The zero-order valence-electron chi connectivity index (χ0n) is 18.3. The van der Waals surface area contributed by atoms with E-state index in [1.54, 1.807) is 25.1 Å². The van der Waals surface area contributed by atoms with E-state index in [0.717, 1.165) is 6.07 Å². The van der Waals surface area contributed by atoms with E-state index in [4.69, 9.17) is 32.7 Å². The smallest absolute Gasteiger partial charge is 0.261 e. The molecular formula is C24H23Cl2FN2O5. The molecule has 2 bridgehead atoms. The van der Waals surface area contributed by atoms with E-state index in [2.05, 4.69) is 10.6 Å². The maximum Gasteiger partial charge on any atom is 0.261 e. The molecule has 3 aliphatic carbocycles. The van der Waals surface area contributed by atoms with Crippen molar-refractivity contribution in [3.8, 4) is 11.5 Å². The van der Waals surface area contributed by atoms with E-state index < -0.39 is 17.5 Å². The summed E-state index contributed by atoms with van der Waals surface area (Å²) in [5, 5.41) is 17.3. The van der Waals surface area contributed by atoms with Crippen LogP contribution in [0, 0.1) is 5.82 Å². The minimum atomic E-state index is -1.25. The third-order valence-corrected chi connectivity index (χ3v) is 7.29. The van der Waals surface area contributed by atoms with Crippen molar-refractivity contribution < 1.29 is 28.6 Å². The van der Waals surface area contributed by atoms with Crippen LogP contribution in [-0.4, -0.2) is 40.7 Å². The van der Waals surface area contributed by atoms with E-state index in [-0.39, 0.29) is 46.7 Å². The minimum Gasteiger partial charge on any atom is -0.484 e. The van der Waals surface area contributed by atoms with Crippen molar-refractivity contribution in [3.63, 3.8) is 0 Å². The first-order valence-corrected chi connectivity index (χ1v) is 11.6. The van der Waals surface area contributed by atoms with Gasteiger partial charge < -0.3 is 25.2 Å². The summed E-state index contributed by atoms with van der Waals surface area (Å²) in [4.78, 5) is 25.2. The van der Waals surface area contributed by atoms with Crippen LogP contribution in [0.5, 0.6) is 11.5 Å². The Hall–Kier alpha value is -2.55. The fraction of sp³-hybridized carbons (Fsp3) is 0.417. The molecule has 0 radical (unpaired) electrons. The van der Waals surface area contributed by atoms with Crippen molar-refractivity contribution in [1.82, 2.24) is 10.6 Å². The average Bonchev–Trinajstić information content (AvgIpc) is 2.72. The number of ether oxygens (including phenoxy) is 2. The lowest BCUT2D eigenvalue weighted by Gasteiger charge is -2.70. The molecule has 7 nitrogen and oxygen atoms in total. The Kier molecular flexibility index (Phi) is 5.46. The SMILES string of the molecule is C[C@@]1(O)C[C@H](C(=O)NC23CC(NC(=O)COc4ccc(Cl)c(F)c4)(C2)C3)Oc2ccc(Cl)cc21. The molecule has 3 saturated carbocycles. The van der Waals surface area contributed by atoms with Crippen LogP contribution >= 0.6 is 23.2 Å². The van der Waals surface area contributed by atoms with Crippen molar-refractivity contribution in [2.45, 2.75) is 55.4 Å². The van der Waals surface area contributed by atoms with Gasteiger partial charge in [-0.3, -0.25) is 9.59 Å². The van der Waals surface area contributed by atoms with Crippen LogP contribution in [0.15, 0.2) is 36.4 Å². The first-order valence-electron chi connectivity index (χ1n) is 10.9. The quantitative estimate of drug-likeness (QED) is 0.554. The zero-order chi connectivity index (χ0) is 24.3. The Morgan fingerprint density at radius 3 is 2.56 bits per heavy atom. The van der Waals surface area contributed by atoms with Crippen LogP contribution in [0.1, 0.15) is 38.2 Å². The Morgan fingerprint density at radius 1 is 1.15 bits per heavy atom. The molecular weight excluding hydrogens is 486 g/mol. The van der Waals surface area contributed by atoms with Crippen molar-refractivity contribution in [2.24, 2.45) is 0 Å². The molecule has 10 heteroatoms. The predicted octanol–water partition coefficient (Wildman–Crippen LogP) is 3.48. The van der Waals surface area contributed by atoms with Gasteiger partial charge in [-0.15, -0.1) is 0 Å². The summed E-state index contributed by atoms with van der Waals surface area (Å²) in [6, 6.07) is 8.92. The molecule has 1 aliphatic heterocycles.